The minimum atomic E-state index is -3.81. The van der Waals surface area contributed by atoms with E-state index in [1.807, 2.05) is 0 Å². The fourth-order valence-electron chi connectivity index (χ4n) is 3.11. The van der Waals surface area contributed by atoms with Crippen molar-refractivity contribution < 1.29 is 27.5 Å². The second-order valence-electron chi connectivity index (χ2n) is 6.99. The fourth-order valence-corrected chi connectivity index (χ4v) is 4.18. The van der Waals surface area contributed by atoms with Gasteiger partial charge in [-0.3, -0.25) is 4.79 Å². The zero-order valence-corrected chi connectivity index (χ0v) is 17.4. The molecule has 0 unspecified atom stereocenters. The van der Waals surface area contributed by atoms with Gasteiger partial charge in [-0.05, 0) is 31.0 Å². The van der Waals surface area contributed by atoms with Gasteiger partial charge < -0.3 is 14.8 Å². The van der Waals surface area contributed by atoms with E-state index >= 15 is 0 Å². The Morgan fingerprint density at radius 2 is 1.79 bits per heavy atom. The summed E-state index contributed by atoms with van der Waals surface area (Å²) in [5.74, 6) is -1.000. The lowest BCUT2D eigenvalue weighted by molar-refractivity contribution is -0.125. The summed E-state index contributed by atoms with van der Waals surface area (Å²) in [5.41, 5.74) is 0.0310. The van der Waals surface area contributed by atoms with Crippen LogP contribution in [0.2, 0.25) is 0 Å². The van der Waals surface area contributed by atoms with Gasteiger partial charge in [-0.15, -0.1) is 0 Å². The molecule has 8 nitrogen and oxygen atoms in total. The van der Waals surface area contributed by atoms with Crippen LogP contribution in [0.5, 0.6) is 5.75 Å². The molecule has 1 amide bonds. The third-order valence-corrected chi connectivity index (χ3v) is 6.55. The van der Waals surface area contributed by atoms with E-state index in [9.17, 15) is 18.0 Å². The van der Waals surface area contributed by atoms with Crippen molar-refractivity contribution in [2.24, 2.45) is 0 Å². The van der Waals surface area contributed by atoms with Gasteiger partial charge in [0.05, 0.1) is 12.7 Å². The molecule has 156 valence electrons. The lowest BCUT2D eigenvalue weighted by Crippen LogP contribution is -2.37. The Bertz CT molecular complexity index is 799. The summed E-state index contributed by atoms with van der Waals surface area (Å²) in [5, 5.41) is 2.90. The third-order valence-electron chi connectivity index (χ3n) is 4.71. The number of benzene rings is 1. The Labute approximate surface area is 166 Å². The summed E-state index contributed by atoms with van der Waals surface area (Å²) in [6, 6.07) is 4.10. The third kappa shape index (κ3) is 5.68. The Kier molecular flexibility index (Phi) is 7.82. The normalized spacial score (nSPS) is 15.7. The summed E-state index contributed by atoms with van der Waals surface area (Å²) in [7, 11) is 0.312. The first-order chi connectivity index (χ1) is 13.3. The second-order valence-corrected chi connectivity index (χ2v) is 9.11. The Morgan fingerprint density at radius 3 is 2.36 bits per heavy atom. The number of carbonyl (C=O) groups is 2. The largest absolute Gasteiger partial charge is 0.495 e. The van der Waals surface area contributed by atoms with Gasteiger partial charge in [-0.2, -0.15) is 0 Å². The first kappa shape index (κ1) is 22.2. The predicted octanol–water partition coefficient (Wildman–Crippen LogP) is 1.94. The fraction of sp³-hybridized carbons (Fsp3) is 0.579. The number of nitrogens with one attached hydrogen (secondary N) is 1. The van der Waals surface area contributed by atoms with Crippen LogP contribution in [0, 0.1) is 0 Å². The van der Waals surface area contributed by atoms with Gasteiger partial charge in [0.1, 0.15) is 10.6 Å². The van der Waals surface area contributed by atoms with Gasteiger partial charge in [0.2, 0.25) is 10.0 Å². The lowest BCUT2D eigenvalue weighted by atomic mass is 10.1. The van der Waals surface area contributed by atoms with E-state index in [0.29, 0.717) is 0 Å². The number of nitrogens with zero attached hydrogens (tertiary/aromatic N) is 1. The van der Waals surface area contributed by atoms with Crippen molar-refractivity contribution in [3.05, 3.63) is 23.8 Å². The van der Waals surface area contributed by atoms with E-state index < -0.39 is 22.6 Å². The minimum Gasteiger partial charge on any atom is -0.495 e. The van der Waals surface area contributed by atoms with Crippen molar-refractivity contribution in [2.75, 3.05) is 27.8 Å². The average molecular weight is 413 g/mol. The molecule has 0 heterocycles. The average Bonchev–Trinajstić information content (AvgIpc) is 2.94. The van der Waals surface area contributed by atoms with Crippen LogP contribution in [0.4, 0.5) is 0 Å². The van der Waals surface area contributed by atoms with Crippen molar-refractivity contribution in [3.63, 3.8) is 0 Å². The Balaban J connectivity index is 2.03. The smallest absolute Gasteiger partial charge is 0.338 e. The molecular formula is C19H28N2O6S. The summed E-state index contributed by atoms with van der Waals surface area (Å²) in [6.07, 6.45) is 6.39. The van der Waals surface area contributed by atoms with Gasteiger partial charge in [0, 0.05) is 20.1 Å². The molecule has 0 atom stereocenters. The maximum atomic E-state index is 12.4. The van der Waals surface area contributed by atoms with Crippen molar-refractivity contribution in [1.29, 1.82) is 0 Å². The molecule has 0 spiro atoms. The number of hydrogen-bond donors (Lipinski definition) is 1. The van der Waals surface area contributed by atoms with Crippen molar-refractivity contribution >= 4 is 21.9 Å². The molecule has 1 aliphatic rings. The second kappa shape index (κ2) is 9.88. The summed E-state index contributed by atoms with van der Waals surface area (Å²) >= 11 is 0. The molecule has 0 aliphatic heterocycles. The Hall–Kier alpha value is -2.13. The van der Waals surface area contributed by atoms with Crippen LogP contribution in [-0.4, -0.2) is 58.5 Å². The molecule has 1 aromatic rings. The molecule has 9 heteroatoms. The highest BCUT2D eigenvalue weighted by atomic mass is 32.2. The van der Waals surface area contributed by atoms with Gasteiger partial charge in [0.25, 0.3) is 5.91 Å². The molecule has 1 aromatic carbocycles. The maximum absolute atomic E-state index is 12.4. The topological polar surface area (TPSA) is 102 Å². The quantitative estimate of drug-likeness (QED) is 0.542. The van der Waals surface area contributed by atoms with Gasteiger partial charge in [-0.1, -0.05) is 25.7 Å². The van der Waals surface area contributed by atoms with Crippen LogP contribution in [0.3, 0.4) is 0 Å². The van der Waals surface area contributed by atoms with Crippen molar-refractivity contribution in [2.45, 2.75) is 49.5 Å². The number of amides is 1. The van der Waals surface area contributed by atoms with Crippen molar-refractivity contribution in [1.82, 2.24) is 9.62 Å². The number of esters is 1. The highest BCUT2D eigenvalue weighted by molar-refractivity contribution is 7.89. The van der Waals surface area contributed by atoms with E-state index in [0.717, 1.165) is 30.0 Å². The molecule has 1 aliphatic carbocycles. The monoisotopic (exact) mass is 412 g/mol. The summed E-state index contributed by atoms with van der Waals surface area (Å²) < 4.78 is 36.0. The summed E-state index contributed by atoms with van der Waals surface area (Å²) in [6.45, 7) is -0.406. The van der Waals surface area contributed by atoms with Crippen LogP contribution >= 0.6 is 0 Å². The Morgan fingerprint density at radius 1 is 1.14 bits per heavy atom. The molecule has 0 bridgehead atoms. The summed E-state index contributed by atoms with van der Waals surface area (Å²) in [4.78, 5) is 24.2. The van der Waals surface area contributed by atoms with E-state index in [1.165, 1.54) is 52.2 Å². The molecular weight excluding hydrogens is 384 g/mol. The minimum absolute atomic E-state index is 0.0310. The standard InChI is InChI=1S/C19H28N2O6S/c1-21(2)28(24,25)17-12-14(10-11-16(17)26-3)19(23)27-13-18(22)20-15-8-6-4-5-7-9-15/h10-12,15H,4-9,13H2,1-3H3,(H,20,22). The van der Waals surface area contributed by atoms with Crippen molar-refractivity contribution in [3.8, 4) is 5.75 Å². The molecule has 1 N–H and O–H groups in total. The SMILES string of the molecule is COc1ccc(C(=O)OCC(=O)NC2CCCCCC2)cc1S(=O)(=O)N(C)C. The van der Waals surface area contributed by atoms with Crippen LogP contribution in [0.25, 0.3) is 0 Å². The van der Waals surface area contributed by atoms with Crippen LogP contribution in [0.15, 0.2) is 23.1 Å². The number of ether oxygens (including phenoxy) is 2. The molecule has 1 fully saturated rings. The molecule has 0 radical (unpaired) electrons. The van der Waals surface area contributed by atoms with Crippen LogP contribution in [-0.2, 0) is 19.6 Å². The van der Waals surface area contributed by atoms with E-state index in [-0.39, 0.29) is 28.2 Å². The molecule has 28 heavy (non-hydrogen) atoms. The molecule has 2 rings (SSSR count). The number of methoxy groups -OCH3 is 1. The highest BCUT2D eigenvalue weighted by Gasteiger charge is 2.24. The molecule has 0 aromatic heterocycles. The lowest BCUT2D eigenvalue weighted by Gasteiger charge is -2.17. The highest BCUT2D eigenvalue weighted by Crippen LogP contribution is 2.27. The number of hydrogen-bond acceptors (Lipinski definition) is 6. The van der Waals surface area contributed by atoms with Gasteiger partial charge in [-0.25, -0.2) is 17.5 Å². The number of carbonyl (C=O) groups excluding carboxylic acids is 2. The first-order valence-electron chi connectivity index (χ1n) is 9.32. The number of rotatable bonds is 7. The van der Waals surface area contributed by atoms with E-state index in [2.05, 4.69) is 5.32 Å². The molecule has 1 saturated carbocycles. The van der Waals surface area contributed by atoms with Gasteiger partial charge >= 0.3 is 5.97 Å². The van der Waals surface area contributed by atoms with Crippen LogP contribution in [0.1, 0.15) is 48.9 Å². The first-order valence-corrected chi connectivity index (χ1v) is 10.8. The maximum Gasteiger partial charge on any atom is 0.338 e. The van der Waals surface area contributed by atoms with E-state index in [1.54, 1.807) is 0 Å². The molecule has 0 saturated heterocycles. The zero-order chi connectivity index (χ0) is 20.7. The number of sulfonamides is 1. The van der Waals surface area contributed by atoms with Crippen LogP contribution < -0.4 is 10.1 Å². The van der Waals surface area contributed by atoms with E-state index in [4.69, 9.17) is 9.47 Å². The van der Waals surface area contributed by atoms with Gasteiger partial charge in [0.15, 0.2) is 6.61 Å². The zero-order valence-electron chi connectivity index (χ0n) is 16.6. The predicted molar refractivity (Wildman–Crippen MR) is 104 cm³/mol.